The van der Waals surface area contributed by atoms with Crippen molar-refractivity contribution in [2.75, 3.05) is 0 Å². The van der Waals surface area contributed by atoms with E-state index in [1.54, 1.807) is 0 Å². The largest absolute Gasteiger partial charge is 0.475 e. The molecule has 1 aliphatic carbocycles. The highest BCUT2D eigenvalue weighted by atomic mass is 19.4. The maximum atomic E-state index is 12.5. The summed E-state index contributed by atoms with van der Waals surface area (Å²) in [6.45, 7) is 1.51. The Morgan fingerprint density at radius 3 is 2.32 bits per heavy atom. The number of aromatic carboxylic acids is 1. The van der Waals surface area contributed by atoms with Crippen LogP contribution in [0.25, 0.3) is 0 Å². The van der Waals surface area contributed by atoms with Crippen molar-refractivity contribution in [1.82, 2.24) is 4.98 Å². The van der Waals surface area contributed by atoms with Gasteiger partial charge in [-0.25, -0.2) is 9.78 Å². The van der Waals surface area contributed by atoms with Crippen LogP contribution in [-0.4, -0.2) is 22.2 Å². The second-order valence-electron chi connectivity index (χ2n) is 4.86. The summed E-state index contributed by atoms with van der Waals surface area (Å²) in [4.78, 5) is 14.8. The summed E-state index contributed by atoms with van der Waals surface area (Å²) in [7, 11) is 0. The molecule has 1 heterocycles. The molecule has 1 aliphatic rings. The number of aryl methyl sites for hydroxylation is 1. The lowest BCUT2D eigenvalue weighted by Crippen LogP contribution is -2.27. The average molecular weight is 277 g/mol. The lowest BCUT2D eigenvalue weighted by molar-refractivity contribution is -0.182. The fourth-order valence-corrected chi connectivity index (χ4v) is 2.46. The normalized spacial score (nSPS) is 24.4. The second-order valence-corrected chi connectivity index (χ2v) is 4.86. The molecule has 0 amide bonds. The van der Waals surface area contributed by atoms with Crippen LogP contribution < -0.4 is 0 Å². The number of hydrogen-bond donors (Lipinski definition) is 1. The predicted octanol–water partition coefficient (Wildman–Crippen LogP) is 3.52. The van der Waals surface area contributed by atoms with E-state index in [1.807, 2.05) is 0 Å². The van der Waals surface area contributed by atoms with Crippen LogP contribution in [0.15, 0.2) is 4.42 Å². The third-order valence-electron chi connectivity index (χ3n) is 3.55. The van der Waals surface area contributed by atoms with E-state index in [2.05, 4.69) is 4.98 Å². The van der Waals surface area contributed by atoms with Gasteiger partial charge in [-0.3, -0.25) is 0 Å². The van der Waals surface area contributed by atoms with Crippen molar-refractivity contribution in [2.45, 2.75) is 44.7 Å². The van der Waals surface area contributed by atoms with E-state index < -0.39 is 18.1 Å². The minimum Gasteiger partial charge on any atom is -0.475 e. The van der Waals surface area contributed by atoms with Crippen molar-refractivity contribution in [2.24, 2.45) is 5.92 Å². The molecule has 4 nitrogen and oxygen atoms in total. The highest BCUT2D eigenvalue weighted by molar-refractivity contribution is 5.85. The van der Waals surface area contributed by atoms with E-state index >= 15 is 0 Å². The van der Waals surface area contributed by atoms with Crippen LogP contribution in [0.4, 0.5) is 13.2 Å². The Morgan fingerprint density at radius 2 is 1.89 bits per heavy atom. The van der Waals surface area contributed by atoms with E-state index in [4.69, 9.17) is 9.52 Å². The van der Waals surface area contributed by atoms with Gasteiger partial charge in [-0.1, -0.05) is 0 Å². The number of oxazole rings is 1. The Kier molecular flexibility index (Phi) is 3.56. The number of alkyl halides is 3. The molecule has 1 fully saturated rings. The summed E-state index contributed by atoms with van der Waals surface area (Å²) in [5, 5.41) is 8.84. The highest BCUT2D eigenvalue weighted by Crippen LogP contribution is 2.42. The minimum absolute atomic E-state index is 0.0397. The lowest BCUT2D eigenvalue weighted by Gasteiger charge is -2.28. The maximum absolute atomic E-state index is 12.5. The van der Waals surface area contributed by atoms with Crippen LogP contribution in [-0.2, 0) is 0 Å². The molecule has 0 unspecified atom stereocenters. The topological polar surface area (TPSA) is 63.3 Å². The first-order valence-electron chi connectivity index (χ1n) is 6.06. The van der Waals surface area contributed by atoms with Crippen LogP contribution in [0.2, 0.25) is 0 Å². The standard InChI is InChI=1S/C12H14F3NO3/c1-6-9(11(17)18)19-10(16-6)7-2-4-8(5-3-7)12(13,14)15/h7-8H,2-5H2,1H3,(H,17,18). The molecular formula is C12H14F3NO3. The van der Waals surface area contributed by atoms with E-state index in [1.165, 1.54) is 6.92 Å². The van der Waals surface area contributed by atoms with Gasteiger partial charge in [0.2, 0.25) is 5.76 Å². The van der Waals surface area contributed by atoms with Gasteiger partial charge in [-0.05, 0) is 32.6 Å². The molecule has 0 aromatic carbocycles. The number of carboxylic acids is 1. The summed E-state index contributed by atoms with van der Waals surface area (Å²) in [6.07, 6.45) is -3.42. The first kappa shape index (κ1) is 13.9. The molecule has 0 radical (unpaired) electrons. The molecule has 0 saturated heterocycles. The van der Waals surface area contributed by atoms with Gasteiger partial charge in [0, 0.05) is 5.92 Å². The van der Waals surface area contributed by atoms with E-state index in [-0.39, 0.29) is 36.1 Å². The van der Waals surface area contributed by atoms with Crippen molar-refractivity contribution in [1.29, 1.82) is 0 Å². The fourth-order valence-electron chi connectivity index (χ4n) is 2.46. The molecule has 1 aromatic heterocycles. The molecule has 0 spiro atoms. The maximum Gasteiger partial charge on any atom is 0.391 e. The molecule has 2 rings (SSSR count). The Hall–Kier alpha value is -1.53. The summed E-state index contributed by atoms with van der Waals surface area (Å²) >= 11 is 0. The molecule has 0 bridgehead atoms. The summed E-state index contributed by atoms with van der Waals surface area (Å²) in [6, 6.07) is 0. The summed E-state index contributed by atoms with van der Waals surface area (Å²) in [5.41, 5.74) is 0.264. The van der Waals surface area contributed by atoms with Gasteiger partial charge < -0.3 is 9.52 Å². The van der Waals surface area contributed by atoms with Crippen LogP contribution in [0, 0.1) is 12.8 Å². The third kappa shape index (κ3) is 2.90. The number of nitrogens with zero attached hydrogens (tertiary/aromatic N) is 1. The number of aromatic nitrogens is 1. The monoisotopic (exact) mass is 277 g/mol. The lowest BCUT2D eigenvalue weighted by atomic mass is 9.81. The van der Waals surface area contributed by atoms with Gasteiger partial charge in [-0.2, -0.15) is 13.2 Å². The first-order valence-corrected chi connectivity index (χ1v) is 6.06. The quantitative estimate of drug-likeness (QED) is 0.898. The van der Waals surface area contributed by atoms with Crippen LogP contribution >= 0.6 is 0 Å². The predicted molar refractivity (Wildman–Crippen MR) is 59.0 cm³/mol. The van der Waals surface area contributed by atoms with Gasteiger partial charge in [0.1, 0.15) is 0 Å². The van der Waals surface area contributed by atoms with E-state index in [9.17, 15) is 18.0 Å². The number of hydrogen-bond acceptors (Lipinski definition) is 3. The molecule has 0 aliphatic heterocycles. The van der Waals surface area contributed by atoms with Crippen molar-refractivity contribution < 1.29 is 27.5 Å². The van der Waals surface area contributed by atoms with E-state index in [0.29, 0.717) is 12.8 Å². The van der Waals surface area contributed by atoms with Gasteiger partial charge in [0.15, 0.2) is 5.89 Å². The number of halogens is 3. The van der Waals surface area contributed by atoms with Crippen LogP contribution in [0.3, 0.4) is 0 Å². The second kappa shape index (κ2) is 4.86. The average Bonchev–Trinajstić information content (AvgIpc) is 2.70. The zero-order valence-electron chi connectivity index (χ0n) is 10.3. The zero-order valence-corrected chi connectivity index (χ0v) is 10.3. The van der Waals surface area contributed by atoms with Gasteiger partial charge in [0.05, 0.1) is 11.6 Å². The Morgan fingerprint density at radius 1 is 1.32 bits per heavy atom. The Bertz CT molecular complexity index is 473. The van der Waals surface area contributed by atoms with E-state index in [0.717, 1.165) is 0 Å². The fraction of sp³-hybridized carbons (Fsp3) is 0.667. The number of carbonyl (C=O) groups is 1. The SMILES string of the molecule is Cc1nc(C2CCC(C(F)(F)F)CC2)oc1C(=O)O. The first-order chi connectivity index (χ1) is 8.79. The molecule has 1 aromatic rings. The van der Waals surface area contributed by atoms with Gasteiger partial charge in [0.25, 0.3) is 0 Å². The molecule has 1 saturated carbocycles. The number of rotatable bonds is 2. The van der Waals surface area contributed by atoms with Gasteiger partial charge in [-0.15, -0.1) is 0 Å². The van der Waals surface area contributed by atoms with Crippen molar-refractivity contribution in [3.63, 3.8) is 0 Å². The zero-order chi connectivity index (χ0) is 14.2. The summed E-state index contributed by atoms with van der Waals surface area (Å²) in [5.74, 6) is -2.67. The van der Waals surface area contributed by atoms with Crippen molar-refractivity contribution in [3.8, 4) is 0 Å². The molecule has 19 heavy (non-hydrogen) atoms. The van der Waals surface area contributed by atoms with Gasteiger partial charge >= 0.3 is 12.1 Å². The number of carboxylic acid groups (broad SMARTS) is 1. The Labute approximate surface area is 107 Å². The third-order valence-corrected chi connectivity index (χ3v) is 3.55. The molecular weight excluding hydrogens is 263 g/mol. The van der Waals surface area contributed by atoms with Crippen molar-refractivity contribution >= 4 is 5.97 Å². The molecule has 1 N–H and O–H groups in total. The molecule has 0 atom stereocenters. The smallest absolute Gasteiger partial charge is 0.391 e. The summed E-state index contributed by atoms with van der Waals surface area (Å²) < 4.78 is 42.7. The Balaban J connectivity index is 2.06. The van der Waals surface area contributed by atoms with Crippen LogP contribution in [0.5, 0.6) is 0 Å². The van der Waals surface area contributed by atoms with Crippen molar-refractivity contribution in [3.05, 3.63) is 17.3 Å². The highest BCUT2D eigenvalue weighted by Gasteiger charge is 2.42. The molecule has 106 valence electrons. The minimum atomic E-state index is -4.15. The van der Waals surface area contributed by atoms with Crippen LogP contribution in [0.1, 0.15) is 53.7 Å². The molecule has 7 heteroatoms.